The highest BCUT2D eigenvalue weighted by molar-refractivity contribution is 5.82. The molecule has 1 amide bonds. The second-order valence-corrected chi connectivity index (χ2v) is 5.18. The summed E-state index contributed by atoms with van der Waals surface area (Å²) in [7, 11) is 0. The predicted molar refractivity (Wildman–Crippen MR) is 75.2 cm³/mol. The molecule has 3 nitrogen and oxygen atoms in total. The standard InChI is InChI=1S/C15H24N2O/c1-4-15(3,11-16)14(18)17-12(2)10-13-8-6-5-7-9-13/h5-9,12H,4,10-11,16H2,1-3H3,(H,17,18). The van der Waals surface area contributed by atoms with Gasteiger partial charge >= 0.3 is 0 Å². The molecule has 3 heteroatoms. The zero-order chi connectivity index (χ0) is 13.6. The van der Waals surface area contributed by atoms with Crippen molar-refractivity contribution in [2.45, 2.75) is 39.7 Å². The van der Waals surface area contributed by atoms with Crippen molar-refractivity contribution in [3.8, 4) is 0 Å². The van der Waals surface area contributed by atoms with Crippen LogP contribution in [0.4, 0.5) is 0 Å². The fraction of sp³-hybridized carbons (Fsp3) is 0.533. The topological polar surface area (TPSA) is 55.1 Å². The van der Waals surface area contributed by atoms with Crippen molar-refractivity contribution in [1.82, 2.24) is 5.32 Å². The van der Waals surface area contributed by atoms with Gasteiger partial charge in [-0.15, -0.1) is 0 Å². The van der Waals surface area contributed by atoms with Crippen LogP contribution in [0.15, 0.2) is 30.3 Å². The lowest BCUT2D eigenvalue weighted by atomic mass is 9.86. The van der Waals surface area contributed by atoms with E-state index >= 15 is 0 Å². The molecular formula is C15H24N2O. The summed E-state index contributed by atoms with van der Waals surface area (Å²) < 4.78 is 0. The van der Waals surface area contributed by atoms with Gasteiger partial charge in [0.2, 0.25) is 5.91 Å². The maximum absolute atomic E-state index is 12.1. The zero-order valence-electron chi connectivity index (χ0n) is 11.6. The van der Waals surface area contributed by atoms with E-state index in [-0.39, 0.29) is 11.9 Å². The van der Waals surface area contributed by atoms with Gasteiger partial charge in [0.1, 0.15) is 0 Å². The fourth-order valence-electron chi connectivity index (χ4n) is 1.81. The molecule has 2 atom stereocenters. The first kappa shape index (κ1) is 14.7. The average Bonchev–Trinajstić information content (AvgIpc) is 2.38. The van der Waals surface area contributed by atoms with Crippen LogP contribution >= 0.6 is 0 Å². The number of benzene rings is 1. The van der Waals surface area contributed by atoms with Gasteiger partial charge in [-0.2, -0.15) is 0 Å². The number of hydrogen-bond acceptors (Lipinski definition) is 2. The molecule has 1 rings (SSSR count). The molecule has 0 bridgehead atoms. The number of nitrogens with one attached hydrogen (secondary N) is 1. The molecule has 0 heterocycles. The molecule has 0 aliphatic rings. The number of nitrogens with two attached hydrogens (primary N) is 1. The molecule has 0 radical (unpaired) electrons. The molecule has 1 aromatic carbocycles. The Bertz CT molecular complexity index is 371. The van der Waals surface area contributed by atoms with Crippen LogP contribution in [0.5, 0.6) is 0 Å². The van der Waals surface area contributed by atoms with E-state index in [2.05, 4.69) is 17.4 Å². The summed E-state index contributed by atoms with van der Waals surface area (Å²) in [6.07, 6.45) is 1.60. The third-order valence-electron chi connectivity index (χ3n) is 3.54. The normalized spacial score (nSPS) is 15.8. The summed E-state index contributed by atoms with van der Waals surface area (Å²) in [6, 6.07) is 10.3. The van der Waals surface area contributed by atoms with Gasteiger partial charge < -0.3 is 11.1 Å². The van der Waals surface area contributed by atoms with Gasteiger partial charge in [0.15, 0.2) is 0 Å². The fourth-order valence-corrected chi connectivity index (χ4v) is 1.81. The van der Waals surface area contributed by atoms with Crippen molar-refractivity contribution in [3.05, 3.63) is 35.9 Å². The van der Waals surface area contributed by atoms with Crippen LogP contribution in [0.3, 0.4) is 0 Å². The van der Waals surface area contributed by atoms with Crippen LogP contribution < -0.4 is 11.1 Å². The van der Waals surface area contributed by atoms with E-state index in [1.165, 1.54) is 5.56 Å². The second-order valence-electron chi connectivity index (χ2n) is 5.18. The third kappa shape index (κ3) is 3.84. The third-order valence-corrected chi connectivity index (χ3v) is 3.54. The van der Waals surface area contributed by atoms with Gasteiger partial charge in [-0.1, -0.05) is 37.3 Å². The van der Waals surface area contributed by atoms with Crippen LogP contribution in [0.25, 0.3) is 0 Å². The molecule has 0 aliphatic carbocycles. The molecule has 3 N–H and O–H groups in total. The van der Waals surface area contributed by atoms with Crippen molar-refractivity contribution in [1.29, 1.82) is 0 Å². The van der Waals surface area contributed by atoms with Crippen molar-refractivity contribution in [2.24, 2.45) is 11.1 Å². The molecule has 100 valence electrons. The van der Waals surface area contributed by atoms with Crippen molar-refractivity contribution in [3.63, 3.8) is 0 Å². The first-order valence-corrected chi connectivity index (χ1v) is 6.57. The van der Waals surface area contributed by atoms with Crippen LogP contribution in [-0.2, 0) is 11.2 Å². The highest BCUT2D eigenvalue weighted by Gasteiger charge is 2.30. The number of carbonyl (C=O) groups excluding carboxylic acids is 1. The zero-order valence-corrected chi connectivity index (χ0v) is 11.6. The molecule has 0 aromatic heterocycles. The first-order valence-electron chi connectivity index (χ1n) is 6.57. The summed E-state index contributed by atoms with van der Waals surface area (Å²) in [5.74, 6) is 0.0518. The highest BCUT2D eigenvalue weighted by Crippen LogP contribution is 2.19. The van der Waals surface area contributed by atoms with Crippen LogP contribution in [0.1, 0.15) is 32.8 Å². The second kappa shape index (κ2) is 6.55. The molecule has 1 aromatic rings. The minimum atomic E-state index is -0.453. The Morgan fingerprint density at radius 1 is 1.39 bits per heavy atom. The van der Waals surface area contributed by atoms with E-state index in [1.807, 2.05) is 39.0 Å². The Morgan fingerprint density at radius 2 is 2.00 bits per heavy atom. The number of rotatable bonds is 6. The quantitative estimate of drug-likeness (QED) is 0.810. The van der Waals surface area contributed by atoms with Crippen molar-refractivity contribution < 1.29 is 4.79 Å². The molecule has 0 saturated heterocycles. The lowest BCUT2D eigenvalue weighted by Crippen LogP contribution is -2.47. The van der Waals surface area contributed by atoms with E-state index in [4.69, 9.17) is 5.73 Å². The number of carbonyl (C=O) groups is 1. The van der Waals surface area contributed by atoms with Gasteiger partial charge in [0.25, 0.3) is 0 Å². The van der Waals surface area contributed by atoms with Gasteiger partial charge in [-0.3, -0.25) is 4.79 Å². The smallest absolute Gasteiger partial charge is 0.227 e. The molecule has 0 aliphatic heterocycles. The van der Waals surface area contributed by atoms with E-state index < -0.39 is 5.41 Å². The predicted octanol–water partition coefficient (Wildman–Crippen LogP) is 2.11. The van der Waals surface area contributed by atoms with E-state index in [1.54, 1.807) is 0 Å². The Labute approximate surface area is 110 Å². The van der Waals surface area contributed by atoms with Gasteiger partial charge in [-0.05, 0) is 32.3 Å². The summed E-state index contributed by atoms with van der Waals surface area (Å²) in [5, 5.41) is 3.05. The largest absolute Gasteiger partial charge is 0.353 e. The highest BCUT2D eigenvalue weighted by atomic mass is 16.2. The van der Waals surface area contributed by atoms with E-state index in [9.17, 15) is 4.79 Å². The lowest BCUT2D eigenvalue weighted by Gasteiger charge is -2.27. The first-order chi connectivity index (χ1) is 8.51. The molecule has 2 unspecified atom stereocenters. The Kier molecular flexibility index (Phi) is 5.35. The van der Waals surface area contributed by atoms with Crippen molar-refractivity contribution in [2.75, 3.05) is 6.54 Å². The minimum absolute atomic E-state index is 0.0518. The van der Waals surface area contributed by atoms with Gasteiger partial charge in [0.05, 0.1) is 5.41 Å². The average molecular weight is 248 g/mol. The summed E-state index contributed by atoms with van der Waals surface area (Å²) in [6.45, 7) is 6.32. The van der Waals surface area contributed by atoms with Gasteiger partial charge in [0, 0.05) is 12.6 Å². The van der Waals surface area contributed by atoms with Gasteiger partial charge in [-0.25, -0.2) is 0 Å². The summed E-state index contributed by atoms with van der Waals surface area (Å²) in [5.41, 5.74) is 6.47. The van der Waals surface area contributed by atoms with E-state index in [0.717, 1.165) is 12.8 Å². The SMILES string of the molecule is CCC(C)(CN)C(=O)NC(C)Cc1ccccc1. The molecule has 0 spiro atoms. The lowest BCUT2D eigenvalue weighted by molar-refractivity contribution is -0.130. The maximum atomic E-state index is 12.1. The van der Waals surface area contributed by atoms with Crippen LogP contribution in [0, 0.1) is 5.41 Å². The minimum Gasteiger partial charge on any atom is -0.353 e. The Morgan fingerprint density at radius 3 is 2.50 bits per heavy atom. The monoisotopic (exact) mass is 248 g/mol. The number of amides is 1. The summed E-state index contributed by atoms with van der Waals surface area (Å²) >= 11 is 0. The summed E-state index contributed by atoms with van der Waals surface area (Å²) in [4.78, 5) is 12.1. The maximum Gasteiger partial charge on any atom is 0.227 e. The van der Waals surface area contributed by atoms with Crippen LogP contribution in [-0.4, -0.2) is 18.5 Å². The van der Waals surface area contributed by atoms with Crippen LogP contribution in [0.2, 0.25) is 0 Å². The molecular weight excluding hydrogens is 224 g/mol. The molecule has 0 saturated carbocycles. The number of hydrogen-bond donors (Lipinski definition) is 2. The van der Waals surface area contributed by atoms with E-state index in [0.29, 0.717) is 6.54 Å². The molecule has 18 heavy (non-hydrogen) atoms. The Balaban J connectivity index is 2.55. The van der Waals surface area contributed by atoms with Crippen molar-refractivity contribution >= 4 is 5.91 Å². The Hall–Kier alpha value is -1.35. The molecule has 0 fully saturated rings.